The van der Waals surface area contributed by atoms with Crippen LogP contribution in [-0.2, 0) is 4.79 Å². The average molecular weight is 225 g/mol. The van der Waals surface area contributed by atoms with E-state index in [4.69, 9.17) is 0 Å². The molecule has 2 rings (SSSR count). The predicted molar refractivity (Wildman–Crippen MR) is 64.3 cm³/mol. The van der Waals surface area contributed by atoms with Gasteiger partial charge in [0.1, 0.15) is 0 Å². The molecule has 4 nitrogen and oxygen atoms in total. The van der Waals surface area contributed by atoms with Crippen molar-refractivity contribution in [3.8, 4) is 0 Å². The fraction of sp³-hybridized carbons (Fsp3) is 0.917. The van der Waals surface area contributed by atoms with Crippen molar-refractivity contribution >= 4 is 5.91 Å². The molecule has 0 spiro atoms. The van der Waals surface area contributed by atoms with Crippen molar-refractivity contribution in [1.82, 2.24) is 15.1 Å². The molecule has 1 amide bonds. The molecule has 2 aliphatic heterocycles. The number of hydrogen-bond donors (Lipinski definition) is 1. The standard InChI is InChI=1S/C12H23N3O/c1-10-5-3-4-6-15(10)12(16)9-14(2)11-7-13-8-11/h10-11,13H,3-9H2,1-2H3. The smallest absolute Gasteiger partial charge is 0.236 e. The van der Waals surface area contributed by atoms with Crippen molar-refractivity contribution in [3.63, 3.8) is 0 Å². The average Bonchev–Trinajstić information content (AvgIpc) is 2.15. The largest absolute Gasteiger partial charge is 0.339 e. The lowest BCUT2D eigenvalue weighted by Crippen LogP contribution is -2.58. The van der Waals surface area contributed by atoms with Crippen LogP contribution < -0.4 is 5.32 Å². The van der Waals surface area contributed by atoms with Gasteiger partial charge in [-0.1, -0.05) is 0 Å². The number of likely N-dealkylation sites (N-methyl/N-ethyl adjacent to an activating group) is 1. The van der Waals surface area contributed by atoms with Crippen LogP contribution in [-0.4, -0.2) is 61.0 Å². The van der Waals surface area contributed by atoms with Crippen molar-refractivity contribution in [2.24, 2.45) is 0 Å². The second-order valence-corrected chi connectivity index (χ2v) is 5.16. The third kappa shape index (κ3) is 2.55. The Morgan fingerprint density at radius 2 is 2.19 bits per heavy atom. The Morgan fingerprint density at radius 3 is 2.75 bits per heavy atom. The predicted octanol–water partition coefficient (Wildman–Crippen LogP) is 0.291. The summed E-state index contributed by atoms with van der Waals surface area (Å²) in [6.07, 6.45) is 3.61. The number of likely N-dealkylation sites (tertiary alicyclic amines) is 1. The van der Waals surface area contributed by atoms with Crippen molar-refractivity contribution in [3.05, 3.63) is 0 Å². The third-order valence-electron chi connectivity index (χ3n) is 3.89. The molecule has 4 heteroatoms. The minimum atomic E-state index is 0.307. The van der Waals surface area contributed by atoms with E-state index in [2.05, 4.69) is 29.1 Å². The summed E-state index contributed by atoms with van der Waals surface area (Å²) in [4.78, 5) is 16.4. The normalized spacial score (nSPS) is 26.9. The molecule has 2 aliphatic rings. The summed E-state index contributed by atoms with van der Waals surface area (Å²) in [5, 5.41) is 3.24. The van der Waals surface area contributed by atoms with E-state index in [1.807, 2.05) is 0 Å². The van der Waals surface area contributed by atoms with Crippen LogP contribution in [0.1, 0.15) is 26.2 Å². The molecule has 0 saturated carbocycles. The molecule has 0 radical (unpaired) electrons. The molecule has 16 heavy (non-hydrogen) atoms. The summed E-state index contributed by atoms with van der Waals surface area (Å²) in [6, 6.07) is 0.998. The van der Waals surface area contributed by atoms with E-state index in [0.717, 1.165) is 19.6 Å². The minimum Gasteiger partial charge on any atom is -0.339 e. The van der Waals surface area contributed by atoms with Crippen molar-refractivity contribution in [2.75, 3.05) is 33.2 Å². The first-order valence-corrected chi connectivity index (χ1v) is 6.39. The van der Waals surface area contributed by atoms with Gasteiger partial charge in [-0.3, -0.25) is 9.69 Å². The van der Waals surface area contributed by atoms with Crippen molar-refractivity contribution in [2.45, 2.75) is 38.3 Å². The molecule has 2 saturated heterocycles. The first-order chi connectivity index (χ1) is 7.68. The number of piperidine rings is 1. The molecule has 2 fully saturated rings. The molecule has 1 atom stereocenters. The molecule has 1 unspecified atom stereocenters. The van der Waals surface area contributed by atoms with Crippen LogP contribution in [0.5, 0.6) is 0 Å². The summed E-state index contributed by atoms with van der Waals surface area (Å²) in [6.45, 7) is 5.76. The Bertz CT molecular complexity index is 253. The molecular weight excluding hydrogens is 202 g/mol. The number of hydrogen-bond acceptors (Lipinski definition) is 3. The highest BCUT2D eigenvalue weighted by atomic mass is 16.2. The summed E-state index contributed by atoms with van der Waals surface area (Å²) in [5.74, 6) is 0.307. The lowest BCUT2D eigenvalue weighted by molar-refractivity contribution is -0.136. The lowest BCUT2D eigenvalue weighted by atomic mass is 10.0. The van der Waals surface area contributed by atoms with Crippen LogP contribution >= 0.6 is 0 Å². The number of rotatable bonds is 3. The lowest BCUT2D eigenvalue weighted by Gasteiger charge is -2.38. The Hall–Kier alpha value is -0.610. The zero-order valence-corrected chi connectivity index (χ0v) is 10.4. The number of nitrogens with one attached hydrogen (secondary N) is 1. The van der Waals surface area contributed by atoms with Gasteiger partial charge in [0.2, 0.25) is 5.91 Å². The van der Waals surface area contributed by atoms with Crippen LogP contribution in [0, 0.1) is 0 Å². The molecule has 0 aromatic carbocycles. The Kier molecular flexibility index (Phi) is 3.82. The van der Waals surface area contributed by atoms with E-state index in [1.165, 1.54) is 19.3 Å². The first-order valence-electron chi connectivity index (χ1n) is 6.39. The van der Waals surface area contributed by atoms with Gasteiger partial charge in [-0.25, -0.2) is 0 Å². The highest BCUT2D eigenvalue weighted by molar-refractivity contribution is 5.78. The molecule has 0 aromatic heterocycles. The second-order valence-electron chi connectivity index (χ2n) is 5.16. The molecule has 0 bridgehead atoms. The quantitative estimate of drug-likeness (QED) is 0.750. The van der Waals surface area contributed by atoms with Gasteiger partial charge in [-0.2, -0.15) is 0 Å². The third-order valence-corrected chi connectivity index (χ3v) is 3.89. The number of carbonyl (C=O) groups is 1. The number of nitrogens with zero attached hydrogens (tertiary/aromatic N) is 2. The molecule has 0 aromatic rings. The number of carbonyl (C=O) groups excluding carboxylic acids is 1. The summed E-state index contributed by atoms with van der Waals surface area (Å²) < 4.78 is 0. The second kappa shape index (κ2) is 5.15. The summed E-state index contributed by atoms with van der Waals surface area (Å²) in [7, 11) is 2.05. The Balaban J connectivity index is 1.81. The van der Waals surface area contributed by atoms with E-state index in [1.54, 1.807) is 0 Å². The topological polar surface area (TPSA) is 35.6 Å². The fourth-order valence-electron chi connectivity index (χ4n) is 2.49. The molecular formula is C12H23N3O. The molecule has 2 heterocycles. The zero-order chi connectivity index (χ0) is 11.5. The molecule has 0 aliphatic carbocycles. The Morgan fingerprint density at radius 1 is 1.44 bits per heavy atom. The summed E-state index contributed by atoms with van der Waals surface area (Å²) >= 11 is 0. The molecule has 1 N–H and O–H groups in total. The fourth-order valence-corrected chi connectivity index (χ4v) is 2.49. The van der Waals surface area contributed by atoms with Gasteiger partial charge in [0.25, 0.3) is 0 Å². The van der Waals surface area contributed by atoms with Crippen LogP contribution in [0.15, 0.2) is 0 Å². The van der Waals surface area contributed by atoms with E-state index in [-0.39, 0.29) is 0 Å². The van der Waals surface area contributed by atoms with Gasteiger partial charge in [-0.05, 0) is 33.2 Å². The first kappa shape index (κ1) is 11.9. The van der Waals surface area contributed by atoms with Gasteiger partial charge in [0.15, 0.2) is 0 Å². The van der Waals surface area contributed by atoms with Crippen molar-refractivity contribution in [1.29, 1.82) is 0 Å². The van der Waals surface area contributed by atoms with Gasteiger partial charge < -0.3 is 10.2 Å². The SMILES string of the molecule is CC1CCCCN1C(=O)CN(C)C1CNC1. The maximum atomic E-state index is 12.1. The minimum absolute atomic E-state index is 0.307. The van der Waals surface area contributed by atoms with Gasteiger partial charge in [-0.15, -0.1) is 0 Å². The van der Waals surface area contributed by atoms with E-state index in [0.29, 0.717) is 24.5 Å². The van der Waals surface area contributed by atoms with Crippen LogP contribution in [0.3, 0.4) is 0 Å². The molecule has 92 valence electrons. The maximum absolute atomic E-state index is 12.1. The highest BCUT2D eigenvalue weighted by Gasteiger charge is 2.27. The zero-order valence-electron chi connectivity index (χ0n) is 10.4. The maximum Gasteiger partial charge on any atom is 0.236 e. The van der Waals surface area contributed by atoms with E-state index < -0.39 is 0 Å². The van der Waals surface area contributed by atoms with E-state index >= 15 is 0 Å². The van der Waals surface area contributed by atoms with E-state index in [9.17, 15) is 4.79 Å². The van der Waals surface area contributed by atoms with Crippen LogP contribution in [0.2, 0.25) is 0 Å². The monoisotopic (exact) mass is 225 g/mol. The van der Waals surface area contributed by atoms with Gasteiger partial charge >= 0.3 is 0 Å². The van der Waals surface area contributed by atoms with Gasteiger partial charge in [0.05, 0.1) is 6.54 Å². The highest BCUT2D eigenvalue weighted by Crippen LogP contribution is 2.16. The van der Waals surface area contributed by atoms with Crippen LogP contribution in [0.25, 0.3) is 0 Å². The van der Waals surface area contributed by atoms with Crippen molar-refractivity contribution < 1.29 is 4.79 Å². The van der Waals surface area contributed by atoms with Gasteiger partial charge in [0, 0.05) is 31.7 Å². The Labute approximate surface area is 98.0 Å². The van der Waals surface area contributed by atoms with Crippen LogP contribution in [0.4, 0.5) is 0 Å². The summed E-state index contributed by atoms with van der Waals surface area (Å²) in [5.41, 5.74) is 0. The number of amides is 1.